The van der Waals surface area contributed by atoms with Crippen molar-refractivity contribution in [1.82, 2.24) is 10.5 Å². The quantitative estimate of drug-likeness (QED) is 0.794. The second-order valence-electron chi connectivity index (χ2n) is 6.55. The molecule has 0 aromatic carbocycles. The van der Waals surface area contributed by atoms with Crippen LogP contribution in [-0.2, 0) is 5.41 Å². The van der Waals surface area contributed by atoms with Gasteiger partial charge in [-0.25, -0.2) is 4.79 Å². The Morgan fingerprint density at radius 1 is 1.45 bits per heavy atom. The minimum absolute atomic E-state index is 0.0352. The zero-order chi connectivity index (χ0) is 14.8. The predicted molar refractivity (Wildman–Crippen MR) is 75.6 cm³/mol. The van der Waals surface area contributed by atoms with E-state index in [1.165, 1.54) is 0 Å². The standard InChI is InChI=1S/C14H23N3O3/c1-13(2,3)10-8-11(17-20-10)15-12(19)16-14(9-18)6-4-5-7-14/h8,18H,4-7,9H2,1-3H3,(H2,15,16,17,19). The lowest BCUT2D eigenvalue weighted by atomic mass is 9.93. The summed E-state index contributed by atoms with van der Waals surface area (Å²) in [5, 5.41) is 18.8. The first-order valence-corrected chi connectivity index (χ1v) is 7.02. The van der Waals surface area contributed by atoms with Crippen LogP contribution in [0, 0.1) is 0 Å². The van der Waals surface area contributed by atoms with E-state index in [0.717, 1.165) is 25.7 Å². The van der Waals surface area contributed by atoms with Gasteiger partial charge in [0.15, 0.2) is 5.82 Å². The number of rotatable bonds is 3. The van der Waals surface area contributed by atoms with Crippen LogP contribution in [0.2, 0.25) is 0 Å². The highest BCUT2D eigenvalue weighted by Crippen LogP contribution is 2.29. The van der Waals surface area contributed by atoms with Crippen LogP contribution in [0.25, 0.3) is 0 Å². The fraction of sp³-hybridized carbons (Fsp3) is 0.714. The maximum Gasteiger partial charge on any atom is 0.321 e. The van der Waals surface area contributed by atoms with Crippen molar-refractivity contribution in [2.75, 3.05) is 11.9 Å². The molecule has 1 aromatic rings. The molecule has 1 fully saturated rings. The maximum atomic E-state index is 12.0. The van der Waals surface area contributed by atoms with Crippen LogP contribution in [0.15, 0.2) is 10.6 Å². The van der Waals surface area contributed by atoms with Crippen molar-refractivity contribution in [2.24, 2.45) is 0 Å². The number of carbonyl (C=O) groups is 1. The summed E-state index contributed by atoms with van der Waals surface area (Å²) in [5.74, 6) is 1.10. The van der Waals surface area contributed by atoms with Gasteiger partial charge in [0.05, 0.1) is 12.1 Å². The largest absolute Gasteiger partial charge is 0.394 e. The van der Waals surface area contributed by atoms with E-state index in [0.29, 0.717) is 11.6 Å². The molecular weight excluding hydrogens is 258 g/mol. The molecule has 20 heavy (non-hydrogen) atoms. The van der Waals surface area contributed by atoms with Gasteiger partial charge >= 0.3 is 6.03 Å². The lowest BCUT2D eigenvalue weighted by molar-refractivity contribution is 0.167. The van der Waals surface area contributed by atoms with Gasteiger partial charge in [0, 0.05) is 11.5 Å². The summed E-state index contributed by atoms with van der Waals surface area (Å²) in [5.41, 5.74) is -0.637. The van der Waals surface area contributed by atoms with Crippen molar-refractivity contribution in [3.63, 3.8) is 0 Å². The topological polar surface area (TPSA) is 87.4 Å². The molecule has 0 saturated heterocycles. The molecule has 1 aliphatic rings. The third kappa shape index (κ3) is 3.30. The number of anilines is 1. The molecule has 2 amide bonds. The highest BCUT2D eigenvalue weighted by molar-refractivity contribution is 5.88. The molecule has 0 unspecified atom stereocenters. The zero-order valence-corrected chi connectivity index (χ0v) is 12.3. The highest BCUT2D eigenvalue weighted by atomic mass is 16.5. The molecule has 0 aliphatic heterocycles. The molecule has 6 heteroatoms. The normalized spacial score (nSPS) is 18.0. The summed E-state index contributed by atoms with van der Waals surface area (Å²) in [6.45, 7) is 6.00. The van der Waals surface area contributed by atoms with E-state index in [1.54, 1.807) is 6.07 Å². The molecule has 0 bridgehead atoms. The van der Waals surface area contributed by atoms with Gasteiger partial charge in [0.1, 0.15) is 5.76 Å². The minimum atomic E-state index is -0.485. The van der Waals surface area contributed by atoms with Crippen LogP contribution in [0.3, 0.4) is 0 Å². The van der Waals surface area contributed by atoms with Crippen LogP contribution in [0.5, 0.6) is 0 Å². The number of aliphatic hydroxyl groups is 1. The predicted octanol–water partition coefficient (Wildman–Crippen LogP) is 2.40. The first kappa shape index (κ1) is 14.8. The SMILES string of the molecule is CC(C)(C)c1cc(NC(=O)NC2(CO)CCCC2)no1. The highest BCUT2D eigenvalue weighted by Gasteiger charge is 2.34. The van der Waals surface area contributed by atoms with E-state index >= 15 is 0 Å². The van der Waals surface area contributed by atoms with E-state index in [-0.39, 0.29) is 18.1 Å². The Kier molecular flexibility index (Phi) is 4.04. The van der Waals surface area contributed by atoms with Crippen molar-refractivity contribution in [1.29, 1.82) is 0 Å². The smallest absolute Gasteiger partial charge is 0.321 e. The summed E-state index contributed by atoms with van der Waals surface area (Å²) in [6, 6.07) is 1.37. The van der Waals surface area contributed by atoms with E-state index < -0.39 is 5.54 Å². The number of carbonyl (C=O) groups excluding carboxylic acids is 1. The average molecular weight is 281 g/mol. The van der Waals surface area contributed by atoms with Gasteiger partial charge in [-0.05, 0) is 12.8 Å². The van der Waals surface area contributed by atoms with Crippen LogP contribution in [0.4, 0.5) is 10.6 Å². The molecule has 0 radical (unpaired) electrons. The molecular formula is C14H23N3O3. The monoisotopic (exact) mass is 281 g/mol. The van der Waals surface area contributed by atoms with E-state index in [1.807, 2.05) is 20.8 Å². The Morgan fingerprint density at radius 3 is 2.60 bits per heavy atom. The van der Waals surface area contributed by atoms with E-state index in [4.69, 9.17) is 4.52 Å². The van der Waals surface area contributed by atoms with Gasteiger partial charge in [-0.3, -0.25) is 5.32 Å². The first-order chi connectivity index (χ1) is 9.35. The number of nitrogens with one attached hydrogen (secondary N) is 2. The first-order valence-electron chi connectivity index (χ1n) is 7.02. The van der Waals surface area contributed by atoms with Crippen molar-refractivity contribution in [2.45, 2.75) is 57.4 Å². The molecule has 1 aliphatic carbocycles. The second-order valence-corrected chi connectivity index (χ2v) is 6.55. The fourth-order valence-corrected chi connectivity index (χ4v) is 2.45. The van der Waals surface area contributed by atoms with Gasteiger partial charge in [-0.15, -0.1) is 0 Å². The van der Waals surface area contributed by atoms with Crippen LogP contribution < -0.4 is 10.6 Å². The lowest BCUT2D eigenvalue weighted by Gasteiger charge is -2.27. The van der Waals surface area contributed by atoms with E-state index in [9.17, 15) is 9.90 Å². The molecule has 2 rings (SSSR count). The van der Waals surface area contributed by atoms with E-state index in [2.05, 4.69) is 15.8 Å². The summed E-state index contributed by atoms with van der Waals surface area (Å²) >= 11 is 0. The third-order valence-electron chi connectivity index (χ3n) is 3.73. The molecule has 1 saturated carbocycles. The van der Waals surface area contributed by atoms with Crippen molar-refractivity contribution < 1.29 is 14.4 Å². The van der Waals surface area contributed by atoms with Crippen LogP contribution in [-0.4, -0.2) is 28.4 Å². The lowest BCUT2D eigenvalue weighted by Crippen LogP contribution is -2.50. The summed E-state index contributed by atoms with van der Waals surface area (Å²) in [7, 11) is 0. The summed E-state index contributed by atoms with van der Waals surface area (Å²) in [6.07, 6.45) is 3.67. The van der Waals surface area contributed by atoms with Gasteiger partial charge in [0.25, 0.3) is 0 Å². The Balaban J connectivity index is 1.96. The summed E-state index contributed by atoms with van der Waals surface area (Å²) in [4.78, 5) is 12.0. The Labute approximate surface area is 118 Å². The molecule has 3 N–H and O–H groups in total. The van der Waals surface area contributed by atoms with Crippen molar-refractivity contribution >= 4 is 11.8 Å². The minimum Gasteiger partial charge on any atom is -0.394 e. The number of aliphatic hydroxyl groups excluding tert-OH is 1. The number of amides is 2. The molecule has 1 aromatic heterocycles. The fourth-order valence-electron chi connectivity index (χ4n) is 2.45. The number of hydrogen-bond donors (Lipinski definition) is 3. The molecule has 6 nitrogen and oxygen atoms in total. The number of hydrogen-bond acceptors (Lipinski definition) is 4. The Morgan fingerprint density at radius 2 is 2.10 bits per heavy atom. The Bertz CT molecular complexity index is 470. The third-order valence-corrected chi connectivity index (χ3v) is 3.73. The van der Waals surface area contributed by atoms with Gasteiger partial charge in [-0.1, -0.05) is 38.8 Å². The summed E-state index contributed by atoms with van der Waals surface area (Å²) < 4.78 is 5.21. The van der Waals surface area contributed by atoms with Crippen LogP contribution >= 0.6 is 0 Å². The van der Waals surface area contributed by atoms with Crippen LogP contribution in [0.1, 0.15) is 52.2 Å². The second kappa shape index (κ2) is 5.44. The van der Waals surface area contributed by atoms with Crippen molar-refractivity contribution in [3.05, 3.63) is 11.8 Å². The Hall–Kier alpha value is -1.56. The van der Waals surface area contributed by atoms with Crippen molar-refractivity contribution in [3.8, 4) is 0 Å². The molecule has 0 atom stereocenters. The van der Waals surface area contributed by atoms with Gasteiger partial charge in [0.2, 0.25) is 0 Å². The van der Waals surface area contributed by atoms with Gasteiger partial charge < -0.3 is 14.9 Å². The average Bonchev–Trinajstić information content (AvgIpc) is 2.98. The maximum absolute atomic E-state index is 12.0. The van der Waals surface area contributed by atoms with Gasteiger partial charge in [-0.2, -0.15) is 0 Å². The number of nitrogens with zero attached hydrogens (tertiary/aromatic N) is 1. The molecule has 0 spiro atoms. The number of urea groups is 1. The number of aromatic nitrogens is 1. The molecule has 1 heterocycles. The zero-order valence-electron chi connectivity index (χ0n) is 12.3. The molecule has 112 valence electrons.